The van der Waals surface area contributed by atoms with Crippen molar-refractivity contribution in [1.29, 1.82) is 0 Å². The van der Waals surface area contributed by atoms with Gasteiger partial charge in [0.1, 0.15) is 5.82 Å². The summed E-state index contributed by atoms with van der Waals surface area (Å²) in [5, 5.41) is 12.3. The van der Waals surface area contributed by atoms with E-state index in [0.717, 1.165) is 24.0 Å². The van der Waals surface area contributed by atoms with Crippen LogP contribution in [0, 0.1) is 5.82 Å². The molecule has 0 spiro atoms. The molecule has 2 N–H and O–H groups in total. The molecule has 0 saturated heterocycles. The van der Waals surface area contributed by atoms with E-state index >= 15 is 0 Å². The summed E-state index contributed by atoms with van der Waals surface area (Å²) >= 11 is 0. The maximum Gasteiger partial charge on any atom is 0.338 e. The summed E-state index contributed by atoms with van der Waals surface area (Å²) in [6.07, 6.45) is 1.70. The lowest BCUT2D eigenvalue weighted by Crippen LogP contribution is -2.26. The lowest BCUT2D eigenvalue weighted by atomic mass is 10.0. The maximum absolute atomic E-state index is 13.5. The zero-order chi connectivity index (χ0) is 12.6. The minimum atomic E-state index is -1.21. The number of aryl methyl sites for hydroxylation is 1. The molecule has 4 heteroatoms. The van der Waals surface area contributed by atoms with Gasteiger partial charge in [-0.3, -0.25) is 0 Å². The smallest absolute Gasteiger partial charge is 0.338 e. The first-order valence-electron chi connectivity index (χ1n) is 5.80. The van der Waals surface area contributed by atoms with E-state index < -0.39 is 11.8 Å². The minimum Gasteiger partial charge on any atom is -0.478 e. The van der Waals surface area contributed by atoms with Crippen molar-refractivity contribution in [2.24, 2.45) is 0 Å². The van der Waals surface area contributed by atoms with Crippen LogP contribution < -0.4 is 5.32 Å². The third kappa shape index (κ3) is 2.31. The molecule has 1 atom stereocenters. The molecule has 0 heterocycles. The van der Waals surface area contributed by atoms with Gasteiger partial charge in [0.2, 0.25) is 0 Å². The van der Waals surface area contributed by atoms with E-state index in [9.17, 15) is 9.18 Å². The zero-order valence-electron chi connectivity index (χ0n) is 9.96. The summed E-state index contributed by atoms with van der Waals surface area (Å²) in [5.74, 6) is -1.85. The van der Waals surface area contributed by atoms with E-state index in [4.69, 9.17) is 5.11 Å². The summed E-state index contributed by atoms with van der Waals surface area (Å²) in [7, 11) is 0. The van der Waals surface area contributed by atoms with Gasteiger partial charge in [0.15, 0.2) is 0 Å². The molecule has 1 aliphatic rings. The monoisotopic (exact) mass is 237 g/mol. The van der Waals surface area contributed by atoms with Crippen LogP contribution in [0.15, 0.2) is 12.1 Å². The number of carboxylic acids is 1. The van der Waals surface area contributed by atoms with Gasteiger partial charge in [-0.15, -0.1) is 0 Å². The van der Waals surface area contributed by atoms with Gasteiger partial charge in [0.25, 0.3) is 0 Å². The van der Waals surface area contributed by atoms with E-state index in [1.807, 2.05) is 13.8 Å². The Labute approximate surface area is 99.7 Å². The Morgan fingerprint density at radius 3 is 2.82 bits per heavy atom. The molecule has 1 aromatic carbocycles. The molecule has 1 aliphatic carbocycles. The summed E-state index contributed by atoms with van der Waals surface area (Å²) in [4.78, 5) is 10.9. The van der Waals surface area contributed by atoms with Crippen molar-refractivity contribution in [3.63, 3.8) is 0 Å². The predicted molar refractivity (Wildman–Crippen MR) is 62.7 cm³/mol. The van der Waals surface area contributed by atoms with Crippen LogP contribution in [-0.2, 0) is 6.42 Å². The molecule has 0 saturated carbocycles. The standard InChI is InChI=1S/C13H16FNO2/c1-7(2)15-12-4-3-8-5-11(14)10(13(16)17)6-9(8)12/h5-7,12,15H,3-4H2,1-2H3,(H,16,17). The minimum absolute atomic E-state index is 0.142. The Morgan fingerprint density at radius 2 is 2.24 bits per heavy atom. The number of aromatic carboxylic acids is 1. The lowest BCUT2D eigenvalue weighted by molar-refractivity contribution is 0.0691. The van der Waals surface area contributed by atoms with Crippen LogP contribution in [0.1, 0.15) is 47.8 Å². The van der Waals surface area contributed by atoms with Gasteiger partial charge in [-0.25, -0.2) is 9.18 Å². The first-order valence-corrected chi connectivity index (χ1v) is 5.80. The predicted octanol–water partition coefficient (Wildman–Crippen LogP) is 2.51. The summed E-state index contributed by atoms with van der Waals surface area (Å²) < 4.78 is 13.5. The fraction of sp³-hybridized carbons (Fsp3) is 0.462. The molecular formula is C13H16FNO2. The third-order valence-corrected chi connectivity index (χ3v) is 3.07. The Kier molecular flexibility index (Phi) is 3.15. The Bertz CT molecular complexity index is 457. The average molecular weight is 237 g/mol. The number of carbonyl (C=O) groups is 1. The van der Waals surface area contributed by atoms with Crippen molar-refractivity contribution in [2.45, 2.75) is 38.8 Å². The second kappa shape index (κ2) is 4.45. The fourth-order valence-electron chi connectivity index (χ4n) is 2.37. The second-order valence-corrected chi connectivity index (χ2v) is 4.75. The number of nitrogens with one attached hydrogen (secondary N) is 1. The molecule has 2 rings (SSSR count). The topological polar surface area (TPSA) is 49.3 Å². The molecule has 17 heavy (non-hydrogen) atoms. The zero-order valence-corrected chi connectivity index (χ0v) is 9.96. The maximum atomic E-state index is 13.5. The molecular weight excluding hydrogens is 221 g/mol. The average Bonchev–Trinajstić information content (AvgIpc) is 2.58. The van der Waals surface area contributed by atoms with Crippen LogP contribution in [0.25, 0.3) is 0 Å². The number of halogens is 1. The fourth-order valence-corrected chi connectivity index (χ4v) is 2.37. The van der Waals surface area contributed by atoms with Crippen molar-refractivity contribution in [3.05, 3.63) is 34.6 Å². The molecule has 0 aliphatic heterocycles. The van der Waals surface area contributed by atoms with Gasteiger partial charge in [-0.2, -0.15) is 0 Å². The molecule has 0 aromatic heterocycles. The second-order valence-electron chi connectivity index (χ2n) is 4.75. The van der Waals surface area contributed by atoms with Gasteiger partial charge < -0.3 is 10.4 Å². The Hall–Kier alpha value is -1.42. The van der Waals surface area contributed by atoms with Crippen LogP contribution in [-0.4, -0.2) is 17.1 Å². The van der Waals surface area contributed by atoms with Crippen LogP contribution in [0.3, 0.4) is 0 Å². The SMILES string of the molecule is CC(C)NC1CCc2cc(F)c(C(=O)O)cc21. The van der Waals surface area contributed by atoms with Gasteiger partial charge in [0, 0.05) is 12.1 Å². The highest BCUT2D eigenvalue weighted by atomic mass is 19.1. The molecule has 3 nitrogen and oxygen atoms in total. The Morgan fingerprint density at radius 1 is 1.53 bits per heavy atom. The number of carboxylic acid groups (broad SMARTS) is 1. The summed E-state index contributed by atoms with van der Waals surface area (Å²) in [5.41, 5.74) is 1.62. The normalized spacial score (nSPS) is 18.5. The molecule has 0 amide bonds. The molecule has 1 unspecified atom stereocenters. The van der Waals surface area contributed by atoms with Crippen LogP contribution >= 0.6 is 0 Å². The van der Waals surface area contributed by atoms with Crippen LogP contribution in [0.4, 0.5) is 4.39 Å². The van der Waals surface area contributed by atoms with E-state index in [1.165, 1.54) is 12.1 Å². The first kappa shape index (κ1) is 12.0. The molecule has 0 bridgehead atoms. The lowest BCUT2D eigenvalue weighted by Gasteiger charge is -2.17. The first-order chi connectivity index (χ1) is 7.99. The van der Waals surface area contributed by atoms with E-state index in [0.29, 0.717) is 6.04 Å². The number of rotatable bonds is 3. The highest BCUT2D eigenvalue weighted by Gasteiger charge is 2.26. The highest BCUT2D eigenvalue weighted by molar-refractivity contribution is 5.88. The van der Waals surface area contributed by atoms with Crippen molar-refractivity contribution in [3.8, 4) is 0 Å². The summed E-state index contributed by atoms with van der Waals surface area (Å²) in [6, 6.07) is 3.30. The highest BCUT2D eigenvalue weighted by Crippen LogP contribution is 2.33. The summed E-state index contributed by atoms with van der Waals surface area (Å²) in [6.45, 7) is 4.08. The molecule has 1 aromatic rings. The van der Waals surface area contributed by atoms with Gasteiger partial charge in [-0.05, 0) is 36.1 Å². The number of fused-ring (bicyclic) bond motifs is 1. The number of hydrogen-bond donors (Lipinski definition) is 2. The molecule has 92 valence electrons. The molecule has 0 radical (unpaired) electrons. The van der Waals surface area contributed by atoms with Crippen molar-refractivity contribution in [1.82, 2.24) is 5.32 Å². The van der Waals surface area contributed by atoms with Crippen molar-refractivity contribution in [2.75, 3.05) is 0 Å². The number of hydrogen-bond acceptors (Lipinski definition) is 2. The van der Waals surface area contributed by atoms with E-state index in [1.54, 1.807) is 0 Å². The number of benzene rings is 1. The van der Waals surface area contributed by atoms with Crippen molar-refractivity contribution < 1.29 is 14.3 Å². The largest absolute Gasteiger partial charge is 0.478 e. The van der Waals surface area contributed by atoms with Gasteiger partial charge >= 0.3 is 5.97 Å². The molecule has 0 fully saturated rings. The third-order valence-electron chi connectivity index (χ3n) is 3.07. The van der Waals surface area contributed by atoms with Gasteiger partial charge in [0.05, 0.1) is 5.56 Å². The van der Waals surface area contributed by atoms with E-state index in [-0.39, 0.29) is 11.6 Å². The quantitative estimate of drug-likeness (QED) is 0.849. The van der Waals surface area contributed by atoms with Gasteiger partial charge in [-0.1, -0.05) is 13.8 Å². The van der Waals surface area contributed by atoms with Crippen molar-refractivity contribution >= 4 is 5.97 Å². The Balaban J connectivity index is 2.38. The van der Waals surface area contributed by atoms with Crippen LogP contribution in [0.2, 0.25) is 0 Å². The van der Waals surface area contributed by atoms with E-state index in [2.05, 4.69) is 5.32 Å². The van der Waals surface area contributed by atoms with Crippen LogP contribution in [0.5, 0.6) is 0 Å².